The molecular formula is C31H26Cl2F2N8. The Balaban J connectivity index is 1.43. The summed E-state index contributed by atoms with van der Waals surface area (Å²) in [6.07, 6.45) is 5.25. The van der Waals surface area contributed by atoms with E-state index in [0.717, 1.165) is 37.1 Å². The first-order chi connectivity index (χ1) is 20.8. The average molecular weight is 620 g/mol. The van der Waals surface area contributed by atoms with Crippen molar-refractivity contribution in [1.29, 1.82) is 5.26 Å². The highest BCUT2D eigenvalue weighted by molar-refractivity contribution is 6.36. The molecule has 12 heteroatoms. The topological polar surface area (TPSA) is 103 Å². The van der Waals surface area contributed by atoms with E-state index >= 15 is 0 Å². The fourth-order valence-electron chi connectivity index (χ4n) is 5.39. The number of hydrogen-bond acceptors (Lipinski definition) is 7. The van der Waals surface area contributed by atoms with Crippen LogP contribution < -0.4 is 16.0 Å². The molecular weight excluding hydrogens is 593 g/mol. The van der Waals surface area contributed by atoms with Crippen molar-refractivity contribution in [3.05, 3.63) is 105 Å². The first-order valence-electron chi connectivity index (χ1n) is 13.7. The van der Waals surface area contributed by atoms with Gasteiger partial charge < -0.3 is 16.0 Å². The third-order valence-corrected chi connectivity index (χ3v) is 8.17. The second-order valence-corrected chi connectivity index (χ2v) is 11.3. The van der Waals surface area contributed by atoms with E-state index < -0.39 is 11.9 Å². The average Bonchev–Trinajstić information content (AvgIpc) is 3.49. The fraction of sp³-hybridized carbons (Fsp3) is 0.226. The molecule has 1 saturated heterocycles. The molecule has 3 heterocycles. The fourth-order valence-corrected chi connectivity index (χ4v) is 5.84. The zero-order valence-electron chi connectivity index (χ0n) is 23.0. The summed E-state index contributed by atoms with van der Waals surface area (Å²) in [6.45, 7) is 3.66. The van der Waals surface area contributed by atoms with E-state index in [1.807, 2.05) is 23.9 Å². The Morgan fingerprint density at radius 3 is 2.58 bits per heavy atom. The molecule has 8 nitrogen and oxygen atoms in total. The van der Waals surface area contributed by atoms with Gasteiger partial charge in [0, 0.05) is 23.0 Å². The molecule has 218 valence electrons. The van der Waals surface area contributed by atoms with Crippen molar-refractivity contribution in [2.24, 2.45) is 0 Å². The van der Waals surface area contributed by atoms with Gasteiger partial charge in [-0.1, -0.05) is 34.5 Å². The molecule has 3 aromatic carbocycles. The van der Waals surface area contributed by atoms with Crippen molar-refractivity contribution in [1.82, 2.24) is 25.3 Å². The minimum atomic E-state index is -0.555. The zero-order valence-corrected chi connectivity index (χ0v) is 24.5. The molecule has 0 radical (unpaired) electrons. The number of piperidine rings is 1. The number of rotatable bonds is 7. The quantitative estimate of drug-likeness (QED) is 0.174. The Morgan fingerprint density at radius 1 is 1.05 bits per heavy atom. The van der Waals surface area contributed by atoms with Crippen molar-refractivity contribution < 1.29 is 8.78 Å². The Morgan fingerprint density at radius 2 is 1.84 bits per heavy atom. The summed E-state index contributed by atoms with van der Waals surface area (Å²) < 4.78 is 29.8. The molecule has 1 unspecified atom stereocenters. The Kier molecular flexibility index (Phi) is 8.13. The molecule has 0 saturated carbocycles. The van der Waals surface area contributed by atoms with Gasteiger partial charge in [-0.25, -0.2) is 13.5 Å². The van der Waals surface area contributed by atoms with E-state index in [9.17, 15) is 14.0 Å². The molecule has 1 fully saturated rings. The molecule has 1 aliphatic rings. The van der Waals surface area contributed by atoms with Crippen molar-refractivity contribution in [3.63, 3.8) is 0 Å². The Labute approximate surface area is 256 Å². The Hall–Kier alpha value is -4.30. The number of fused-ring (bicyclic) bond motifs is 1. The summed E-state index contributed by atoms with van der Waals surface area (Å²) in [7, 11) is 0. The highest BCUT2D eigenvalue weighted by atomic mass is 35.5. The van der Waals surface area contributed by atoms with E-state index in [0.29, 0.717) is 38.7 Å². The zero-order chi connectivity index (χ0) is 30.1. The van der Waals surface area contributed by atoms with Crippen LogP contribution >= 0.6 is 23.2 Å². The number of hydrogen-bond donors (Lipinski definition) is 3. The maximum Gasteiger partial charge on any atom is 0.141 e. The number of anilines is 3. The molecule has 6 rings (SSSR count). The van der Waals surface area contributed by atoms with Crippen LogP contribution in [0.25, 0.3) is 10.9 Å². The van der Waals surface area contributed by atoms with E-state index in [1.165, 1.54) is 36.5 Å². The third-order valence-electron chi connectivity index (χ3n) is 7.59. The van der Waals surface area contributed by atoms with Crippen LogP contribution in [0.5, 0.6) is 0 Å². The van der Waals surface area contributed by atoms with Crippen molar-refractivity contribution in [2.45, 2.75) is 31.8 Å². The van der Waals surface area contributed by atoms with E-state index in [1.54, 1.807) is 12.1 Å². The largest absolute Gasteiger partial charge is 0.373 e. The second-order valence-electron chi connectivity index (χ2n) is 10.4. The summed E-state index contributed by atoms with van der Waals surface area (Å²) in [5.41, 5.74) is 4.48. The minimum Gasteiger partial charge on any atom is -0.373 e. The van der Waals surface area contributed by atoms with Crippen LogP contribution in [0.2, 0.25) is 10.0 Å². The lowest BCUT2D eigenvalue weighted by molar-refractivity contribution is 0.337. The van der Waals surface area contributed by atoms with Crippen LogP contribution in [0.4, 0.5) is 25.8 Å². The van der Waals surface area contributed by atoms with Crippen LogP contribution in [-0.2, 0) is 0 Å². The molecule has 0 aliphatic carbocycles. The maximum absolute atomic E-state index is 14.1. The van der Waals surface area contributed by atoms with E-state index in [4.69, 9.17) is 23.2 Å². The number of halogens is 4. The van der Waals surface area contributed by atoms with Gasteiger partial charge in [-0.2, -0.15) is 5.26 Å². The van der Waals surface area contributed by atoms with Gasteiger partial charge in [0.25, 0.3) is 0 Å². The summed E-state index contributed by atoms with van der Waals surface area (Å²) >= 11 is 12.7. The van der Waals surface area contributed by atoms with Crippen LogP contribution in [0, 0.1) is 29.9 Å². The third kappa shape index (κ3) is 5.97. The molecule has 43 heavy (non-hydrogen) atoms. The molecule has 3 N–H and O–H groups in total. The lowest BCUT2D eigenvalue weighted by Crippen LogP contribution is -2.29. The van der Waals surface area contributed by atoms with Gasteiger partial charge in [-0.3, -0.25) is 4.98 Å². The van der Waals surface area contributed by atoms with Gasteiger partial charge in [0.2, 0.25) is 0 Å². The SMILES string of the molecule is Cc1cc(F)ccc1C(Nc1cc(Cl)c2ncc(C#N)c(Nc3ccc(F)c(Cl)c3)c2c1)c1cn(C2CCNCC2)nn1. The van der Waals surface area contributed by atoms with Crippen molar-refractivity contribution >= 4 is 51.2 Å². The van der Waals surface area contributed by atoms with Crippen molar-refractivity contribution in [2.75, 3.05) is 23.7 Å². The maximum atomic E-state index is 14.1. The van der Waals surface area contributed by atoms with E-state index in [-0.39, 0.29) is 22.4 Å². The van der Waals surface area contributed by atoms with Crippen molar-refractivity contribution in [3.8, 4) is 6.07 Å². The first kappa shape index (κ1) is 28.8. The van der Waals surface area contributed by atoms with Crippen LogP contribution in [0.1, 0.15) is 47.3 Å². The predicted molar refractivity (Wildman–Crippen MR) is 164 cm³/mol. The normalized spacial score (nSPS) is 14.4. The van der Waals surface area contributed by atoms with Crippen LogP contribution in [0.3, 0.4) is 0 Å². The van der Waals surface area contributed by atoms with Gasteiger partial charge in [-0.05, 0) is 86.4 Å². The number of aromatic nitrogens is 4. The molecule has 1 aliphatic heterocycles. The van der Waals surface area contributed by atoms with Gasteiger partial charge in [-0.15, -0.1) is 5.10 Å². The highest BCUT2D eigenvalue weighted by Gasteiger charge is 2.24. The first-order valence-corrected chi connectivity index (χ1v) is 14.5. The molecule has 2 aromatic heterocycles. The summed E-state index contributed by atoms with van der Waals surface area (Å²) in [5, 5.41) is 29.8. The second kappa shape index (κ2) is 12.1. The Bertz CT molecular complexity index is 1860. The van der Waals surface area contributed by atoms with Gasteiger partial charge in [0.05, 0.1) is 45.1 Å². The van der Waals surface area contributed by atoms with E-state index in [2.05, 4.69) is 37.3 Å². The number of pyridine rings is 1. The lowest BCUT2D eigenvalue weighted by Gasteiger charge is -2.23. The highest BCUT2D eigenvalue weighted by Crippen LogP contribution is 2.37. The summed E-state index contributed by atoms with van der Waals surface area (Å²) in [5.74, 6) is -0.889. The number of aryl methyl sites for hydroxylation is 1. The van der Waals surface area contributed by atoms with Crippen LogP contribution in [0.15, 0.2) is 60.9 Å². The molecule has 0 amide bonds. The standard InChI is InChI=1S/C31H26Cl2F2N8/c1-17-10-19(34)2-4-23(17)31(28-16-43(42-41-28)22-6-8-37-9-7-22)40-21-11-24-29(39-20-3-5-27(35)25(32)12-20)18(14-36)15-38-30(24)26(33)13-21/h2-5,10-13,15-16,22,31,37,40H,6-9H2,1H3,(H,38,39). The number of nitriles is 1. The van der Waals surface area contributed by atoms with Crippen LogP contribution in [-0.4, -0.2) is 33.1 Å². The molecule has 0 spiro atoms. The molecule has 0 bridgehead atoms. The molecule has 5 aromatic rings. The van der Waals surface area contributed by atoms with Gasteiger partial charge >= 0.3 is 0 Å². The monoisotopic (exact) mass is 618 g/mol. The number of benzene rings is 3. The van der Waals surface area contributed by atoms with Gasteiger partial charge in [0.15, 0.2) is 0 Å². The van der Waals surface area contributed by atoms with Gasteiger partial charge in [0.1, 0.15) is 23.4 Å². The summed E-state index contributed by atoms with van der Waals surface area (Å²) in [4.78, 5) is 4.42. The summed E-state index contributed by atoms with van der Waals surface area (Å²) in [6, 6.07) is 14.3. The number of nitrogens with one attached hydrogen (secondary N) is 3. The molecule has 1 atom stereocenters. The lowest BCUT2D eigenvalue weighted by atomic mass is 9.98. The predicted octanol–water partition coefficient (Wildman–Crippen LogP) is 7.46. The smallest absolute Gasteiger partial charge is 0.141 e. The minimum absolute atomic E-state index is 0.0581. The number of nitrogens with zero attached hydrogens (tertiary/aromatic N) is 5.